The molecule has 1 atom stereocenters. The lowest BCUT2D eigenvalue weighted by molar-refractivity contribution is 0.0637. The van der Waals surface area contributed by atoms with E-state index in [2.05, 4.69) is 25.1 Å². The highest BCUT2D eigenvalue weighted by molar-refractivity contribution is 6.07. The van der Waals surface area contributed by atoms with Crippen LogP contribution in [0, 0.1) is 0 Å². The third kappa shape index (κ3) is 2.56. The zero-order valence-corrected chi connectivity index (χ0v) is 13.0. The maximum atomic E-state index is 12.9. The lowest BCUT2D eigenvalue weighted by Crippen LogP contribution is -2.47. The van der Waals surface area contributed by atoms with Crippen molar-refractivity contribution in [3.63, 3.8) is 0 Å². The van der Waals surface area contributed by atoms with Crippen LogP contribution < -0.4 is 0 Å². The van der Waals surface area contributed by atoms with Crippen LogP contribution >= 0.6 is 0 Å². The molecule has 4 heteroatoms. The number of fused-ring (bicyclic) bond motifs is 1. The minimum absolute atomic E-state index is 0.165. The Balaban J connectivity index is 1.90. The second-order valence-electron chi connectivity index (χ2n) is 6.18. The molecule has 21 heavy (non-hydrogen) atoms. The summed E-state index contributed by atoms with van der Waals surface area (Å²) in [7, 11) is 6.19. The second-order valence-corrected chi connectivity index (χ2v) is 6.18. The Morgan fingerprint density at radius 3 is 2.81 bits per heavy atom. The lowest BCUT2D eigenvalue weighted by Gasteiger charge is -2.36. The van der Waals surface area contributed by atoms with Crippen molar-refractivity contribution in [1.82, 2.24) is 14.4 Å². The number of carbonyl (C=O) groups is 1. The summed E-state index contributed by atoms with van der Waals surface area (Å²) in [4.78, 5) is 17.1. The number of nitrogens with zero attached hydrogens (tertiary/aromatic N) is 3. The summed E-state index contributed by atoms with van der Waals surface area (Å²) < 4.78 is 2.04. The van der Waals surface area contributed by atoms with E-state index in [4.69, 9.17) is 0 Å². The van der Waals surface area contributed by atoms with Gasteiger partial charge in [-0.15, -0.1) is 0 Å². The van der Waals surface area contributed by atoms with Crippen LogP contribution in [0.4, 0.5) is 0 Å². The number of amides is 1. The summed E-state index contributed by atoms with van der Waals surface area (Å²) in [6.07, 6.45) is 4.22. The highest BCUT2D eigenvalue weighted by Crippen LogP contribution is 2.23. The molecule has 2 heterocycles. The van der Waals surface area contributed by atoms with Gasteiger partial charge in [-0.05, 0) is 33.0 Å². The van der Waals surface area contributed by atoms with Gasteiger partial charge in [0.1, 0.15) is 0 Å². The Morgan fingerprint density at radius 2 is 2.05 bits per heavy atom. The van der Waals surface area contributed by atoms with Crippen molar-refractivity contribution < 1.29 is 4.79 Å². The molecule has 0 aliphatic carbocycles. The molecular formula is C17H23N3O. The third-order valence-corrected chi connectivity index (χ3v) is 4.54. The molecular weight excluding hydrogens is 262 g/mol. The summed E-state index contributed by atoms with van der Waals surface area (Å²) >= 11 is 0. The predicted molar refractivity (Wildman–Crippen MR) is 85.5 cm³/mol. The van der Waals surface area contributed by atoms with Crippen LogP contribution in [0.3, 0.4) is 0 Å². The molecule has 1 saturated heterocycles. The van der Waals surface area contributed by atoms with E-state index in [1.54, 1.807) is 0 Å². The molecule has 1 aliphatic rings. The quantitative estimate of drug-likeness (QED) is 0.847. The monoisotopic (exact) mass is 285 g/mol. The van der Waals surface area contributed by atoms with Gasteiger partial charge >= 0.3 is 0 Å². The fraction of sp³-hybridized carbons (Fsp3) is 0.471. The Kier molecular flexibility index (Phi) is 3.72. The van der Waals surface area contributed by atoms with E-state index in [1.807, 2.05) is 40.9 Å². The number of para-hydroxylation sites is 1. The average Bonchev–Trinajstić information content (AvgIpc) is 2.84. The van der Waals surface area contributed by atoms with E-state index in [1.165, 1.54) is 6.42 Å². The van der Waals surface area contributed by atoms with Gasteiger partial charge in [0.15, 0.2) is 0 Å². The first-order chi connectivity index (χ1) is 10.1. The van der Waals surface area contributed by atoms with E-state index in [0.29, 0.717) is 6.04 Å². The van der Waals surface area contributed by atoms with Crippen LogP contribution in [-0.4, -0.2) is 53.5 Å². The predicted octanol–water partition coefficient (Wildman–Crippen LogP) is 2.34. The number of hydrogen-bond acceptors (Lipinski definition) is 2. The lowest BCUT2D eigenvalue weighted by atomic mass is 10.0. The summed E-state index contributed by atoms with van der Waals surface area (Å²) in [6, 6.07) is 8.58. The van der Waals surface area contributed by atoms with Crippen molar-refractivity contribution >= 4 is 16.8 Å². The Hall–Kier alpha value is -1.81. The molecule has 1 unspecified atom stereocenters. The van der Waals surface area contributed by atoms with Gasteiger partial charge in [0, 0.05) is 43.3 Å². The highest BCUT2D eigenvalue weighted by atomic mass is 16.2. The summed E-state index contributed by atoms with van der Waals surface area (Å²) in [5.41, 5.74) is 1.94. The number of aryl methyl sites for hydroxylation is 1. The Labute approximate surface area is 125 Å². The van der Waals surface area contributed by atoms with Crippen molar-refractivity contribution in [3.8, 4) is 0 Å². The summed E-state index contributed by atoms with van der Waals surface area (Å²) in [5, 5.41) is 1.05. The van der Waals surface area contributed by atoms with Gasteiger partial charge < -0.3 is 14.4 Å². The van der Waals surface area contributed by atoms with Crippen molar-refractivity contribution in [2.24, 2.45) is 7.05 Å². The van der Waals surface area contributed by atoms with E-state index in [9.17, 15) is 4.79 Å². The molecule has 2 aromatic rings. The minimum atomic E-state index is 0.165. The first kappa shape index (κ1) is 14.1. The largest absolute Gasteiger partial charge is 0.350 e. The van der Waals surface area contributed by atoms with Crippen molar-refractivity contribution in [1.29, 1.82) is 0 Å². The molecule has 1 aliphatic heterocycles. The minimum Gasteiger partial charge on any atom is -0.350 e. The number of rotatable bonds is 2. The molecule has 0 N–H and O–H groups in total. The fourth-order valence-corrected chi connectivity index (χ4v) is 3.24. The maximum Gasteiger partial charge on any atom is 0.256 e. The van der Waals surface area contributed by atoms with E-state index >= 15 is 0 Å². The number of carbonyl (C=O) groups excluding carboxylic acids is 1. The molecule has 3 rings (SSSR count). The first-order valence-electron chi connectivity index (χ1n) is 7.57. The first-order valence-corrected chi connectivity index (χ1v) is 7.57. The zero-order valence-electron chi connectivity index (χ0n) is 13.0. The molecule has 0 spiro atoms. The number of likely N-dealkylation sites (tertiary alicyclic amines) is 1. The Bertz CT molecular complexity index is 659. The van der Waals surface area contributed by atoms with E-state index in [-0.39, 0.29) is 5.91 Å². The van der Waals surface area contributed by atoms with Crippen molar-refractivity contribution in [2.45, 2.75) is 18.9 Å². The van der Waals surface area contributed by atoms with Gasteiger partial charge in [-0.2, -0.15) is 0 Å². The topological polar surface area (TPSA) is 28.5 Å². The van der Waals surface area contributed by atoms with Gasteiger partial charge in [0.05, 0.1) is 5.56 Å². The average molecular weight is 285 g/mol. The number of hydrogen-bond donors (Lipinski definition) is 0. The molecule has 1 amide bonds. The standard InChI is InChI=1S/C17H23N3O/c1-18(2)13-7-6-10-20(11-13)17(21)15-12-19(3)16-9-5-4-8-14(15)16/h4-5,8-9,12-13H,6-7,10-11H2,1-3H3. The Morgan fingerprint density at radius 1 is 1.29 bits per heavy atom. The van der Waals surface area contributed by atoms with Gasteiger partial charge in [0.25, 0.3) is 5.91 Å². The smallest absolute Gasteiger partial charge is 0.256 e. The molecule has 4 nitrogen and oxygen atoms in total. The second kappa shape index (κ2) is 5.53. The van der Waals surface area contributed by atoms with Gasteiger partial charge in [0.2, 0.25) is 0 Å². The molecule has 1 fully saturated rings. The van der Waals surface area contributed by atoms with Gasteiger partial charge in [-0.1, -0.05) is 18.2 Å². The highest BCUT2D eigenvalue weighted by Gasteiger charge is 2.27. The van der Waals surface area contributed by atoms with Gasteiger partial charge in [-0.3, -0.25) is 4.79 Å². The third-order valence-electron chi connectivity index (χ3n) is 4.54. The van der Waals surface area contributed by atoms with Crippen LogP contribution in [0.15, 0.2) is 30.5 Å². The number of benzene rings is 1. The van der Waals surface area contributed by atoms with Crippen LogP contribution in [0.1, 0.15) is 23.2 Å². The molecule has 0 saturated carbocycles. The van der Waals surface area contributed by atoms with Crippen molar-refractivity contribution in [2.75, 3.05) is 27.2 Å². The number of aromatic nitrogens is 1. The fourth-order valence-electron chi connectivity index (χ4n) is 3.24. The van der Waals surface area contributed by atoms with Crippen LogP contribution in [0.25, 0.3) is 10.9 Å². The zero-order chi connectivity index (χ0) is 15.0. The van der Waals surface area contributed by atoms with Crippen molar-refractivity contribution in [3.05, 3.63) is 36.0 Å². The molecule has 0 radical (unpaired) electrons. The van der Waals surface area contributed by atoms with Crippen LogP contribution in [0.5, 0.6) is 0 Å². The van der Waals surface area contributed by atoms with Crippen LogP contribution in [0.2, 0.25) is 0 Å². The van der Waals surface area contributed by atoms with E-state index < -0.39 is 0 Å². The molecule has 0 bridgehead atoms. The maximum absolute atomic E-state index is 12.9. The summed E-state index contributed by atoms with van der Waals surface area (Å²) in [5.74, 6) is 0.165. The molecule has 1 aromatic heterocycles. The molecule has 112 valence electrons. The normalized spacial score (nSPS) is 19.4. The van der Waals surface area contributed by atoms with Gasteiger partial charge in [-0.25, -0.2) is 0 Å². The van der Waals surface area contributed by atoms with E-state index in [0.717, 1.165) is 36.0 Å². The summed E-state index contributed by atoms with van der Waals surface area (Å²) in [6.45, 7) is 1.70. The number of likely N-dealkylation sites (N-methyl/N-ethyl adjacent to an activating group) is 1. The SMILES string of the molecule is CN(C)C1CCCN(C(=O)c2cn(C)c3ccccc23)C1. The van der Waals surface area contributed by atoms with Crippen LogP contribution in [-0.2, 0) is 7.05 Å². The molecule has 1 aromatic carbocycles. The number of piperidine rings is 1.